The lowest BCUT2D eigenvalue weighted by Gasteiger charge is -2.19. The lowest BCUT2D eigenvalue weighted by Crippen LogP contribution is -2.35. The molecule has 1 atom stereocenters. The molecule has 3 rings (SSSR count). The van der Waals surface area contributed by atoms with Gasteiger partial charge in [0, 0.05) is 18.5 Å². The van der Waals surface area contributed by atoms with Crippen LogP contribution in [0.5, 0.6) is 5.75 Å². The van der Waals surface area contributed by atoms with Gasteiger partial charge in [-0.25, -0.2) is 4.98 Å². The zero-order chi connectivity index (χ0) is 17.3. The number of para-hydroxylation sites is 1. The highest BCUT2D eigenvalue weighted by Gasteiger charge is 2.42. The van der Waals surface area contributed by atoms with E-state index in [9.17, 15) is 14.7 Å². The maximum atomic E-state index is 12.6. The third-order valence-electron chi connectivity index (χ3n) is 4.34. The number of thiazole rings is 1. The Morgan fingerprint density at radius 2 is 2.12 bits per heavy atom. The molecule has 1 fully saturated rings. The largest absolute Gasteiger partial charge is 0.496 e. The maximum Gasteiger partial charge on any atom is 0.311 e. The molecule has 1 saturated heterocycles. The smallest absolute Gasteiger partial charge is 0.311 e. The molecule has 24 heavy (non-hydrogen) atoms. The molecule has 6 nitrogen and oxygen atoms in total. The van der Waals surface area contributed by atoms with Crippen molar-refractivity contribution in [2.45, 2.75) is 13.3 Å². The van der Waals surface area contributed by atoms with E-state index in [0.717, 1.165) is 5.56 Å². The summed E-state index contributed by atoms with van der Waals surface area (Å²) in [4.78, 5) is 29.9. The second-order valence-corrected chi connectivity index (χ2v) is 6.94. The summed E-state index contributed by atoms with van der Waals surface area (Å²) < 4.78 is 5.33. The number of ether oxygens (including phenoxy) is 1. The van der Waals surface area contributed by atoms with Crippen molar-refractivity contribution in [3.63, 3.8) is 0 Å². The summed E-state index contributed by atoms with van der Waals surface area (Å²) in [5, 5.41) is 11.7. The monoisotopic (exact) mass is 346 g/mol. The van der Waals surface area contributed by atoms with E-state index in [-0.39, 0.29) is 12.5 Å². The molecule has 126 valence electrons. The fourth-order valence-electron chi connectivity index (χ4n) is 2.79. The van der Waals surface area contributed by atoms with Gasteiger partial charge < -0.3 is 14.7 Å². The number of hydrogen-bond donors (Lipinski definition) is 1. The van der Waals surface area contributed by atoms with Crippen LogP contribution in [-0.2, 0) is 4.79 Å². The Morgan fingerprint density at radius 3 is 2.79 bits per heavy atom. The first-order valence-electron chi connectivity index (χ1n) is 7.56. The number of likely N-dealkylation sites (tertiary alicyclic amines) is 1. The van der Waals surface area contributed by atoms with Crippen LogP contribution in [0.25, 0.3) is 10.6 Å². The van der Waals surface area contributed by atoms with Crippen molar-refractivity contribution in [3.8, 4) is 16.3 Å². The second-order valence-electron chi connectivity index (χ2n) is 6.08. The summed E-state index contributed by atoms with van der Waals surface area (Å²) >= 11 is 1.37. The van der Waals surface area contributed by atoms with Crippen LogP contribution in [0.15, 0.2) is 29.6 Å². The number of aromatic nitrogens is 1. The summed E-state index contributed by atoms with van der Waals surface area (Å²) in [5.41, 5.74) is 0.299. The summed E-state index contributed by atoms with van der Waals surface area (Å²) in [5.74, 6) is -0.395. The van der Waals surface area contributed by atoms with Crippen molar-refractivity contribution >= 4 is 23.2 Å². The van der Waals surface area contributed by atoms with Gasteiger partial charge in [0.25, 0.3) is 5.91 Å². The number of carboxylic acid groups (broad SMARTS) is 1. The lowest BCUT2D eigenvalue weighted by atomic mass is 9.90. The van der Waals surface area contributed by atoms with E-state index in [1.165, 1.54) is 11.3 Å². The van der Waals surface area contributed by atoms with Gasteiger partial charge in [0.1, 0.15) is 16.5 Å². The second kappa shape index (κ2) is 6.24. The molecule has 1 aliphatic rings. The van der Waals surface area contributed by atoms with Gasteiger partial charge in [-0.2, -0.15) is 0 Å². The van der Waals surface area contributed by atoms with Gasteiger partial charge in [0.15, 0.2) is 0 Å². The number of amides is 1. The number of carbonyl (C=O) groups is 2. The topological polar surface area (TPSA) is 79.7 Å². The molecule has 0 bridgehead atoms. The molecule has 2 heterocycles. The number of aliphatic carboxylic acids is 1. The van der Waals surface area contributed by atoms with Crippen molar-refractivity contribution in [2.24, 2.45) is 5.41 Å². The van der Waals surface area contributed by atoms with Crippen LogP contribution in [0.1, 0.15) is 23.8 Å². The van der Waals surface area contributed by atoms with Gasteiger partial charge in [-0.15, -0.1) is 11.3 Å². The standard InChI is InChI=1S/C17H18N2O4S/c1-17(16(21)22)7-8-19(10-17)15(20)12-9-24-14(18-12)11-5-3-4-6-13(11)23-2/h3-6,9H,7-8,10H2,1-2H3,(H,21,22)/t17-/m1/s1. The summed E-state index contributed by atoms with van der Waals surface area (Å²) in [7, 11) is 1.59. The van der Waals surface area contributed by atoms with Gasteiger partial charge in [-0.3, -0.25) is 9.59 Å². The van der Waals surface area contributed by atoms with E-state index < -0.39 is 11.4 Å². The van der Waals surface area contributed by atoms with Gasteiger partial charge in [0.2, 0.25) is 0 Å². The SMILES string of the molecule is COc1ccccc1-c1nc(C(=O)N2CC[C@@](C)(C(=O)O)C2)cs1. The molecule has 1 N–H and O–H groups in total. The minimum Gasteiger partial charge on any atom is -0.496 e. The fraction of sp³-hybridized carbons (Fsp3) is 0.353. The Balaban J connectivity index is 1.81. The van der Waals surface area contributed by atoms with Crippen molar-refractivity contribution in [2.75, 3.05) is 20.2 Å². The molecule has 7 heteroatoms. The van der Waals surface area contributed by atoms with Crippen LogP contribution in [0.3, 0.4) is 0 Å². The Morgan fingerprint density at radius 1 is 1.38 bits per heavy atom. The highest BCUT2D eigenvalue weighted by molar-refractivity contribution is 7.13. The van der Waals surface area contributed by atoms with E-state index >= 15 is 0 Å². The molecule has 1 aromatic heterocycles. The van der Waals surface area contributed by atoms with Gasteiger partial charge in [-0.05, 0) is 25.5 Å². The van der Waals surface area contributed by atoms with Crippen LogP contribution in [0, 0.1) is 5.41 Å². The highest BCUT2D eigenvalue weighted by atomic mass is 32.1. The third-order valence-corrected chi connectivity index (χ3v) is 5.21. The lowest BCUT2D eigenvalue weighted by molar-refractivity contribution is -0.147. The Kier molecular flexibility index (Phi) is 4.28. The minimum absolute atomic E-state index is 0.211. The number of carboxylic acids is 1. The molecule has 0 aliphatic carbocycles. The van der Waals surface area contributed by atoms with Gasteiger partial charge >= 0.3 is 5.97 Å². The van der Waals surface area contributed by atoms with Crippen LogP contribution in [0.2, 0.25) is 0 Å². The predicted octanol–water partition coefficient (Wildman–Crippen LogP) is 2.76. The van der Waals surface area contributed by atoms with E-state index in [2.05, 4.69) is 4.98 Å². The zero-order valence-corrected chi connectivity index (χ0v) is 14.3. The Bertz CT molecular complexity index is 788. The summed E-state index contributed by atoms with van der Waals surface area (Å²) in [6.07, 6.45) is 0.456. The normalized spacial score (nSPS) is 20.2. The van der Waals surface area contributed by atoms with Crippen molar-refractivity contribution in [1.29, 1.82) is 0 Å². The maximum absolute atomic E-state index is 12.6. The highest BCUT2D eigenvalue weighted by Crippen LogP contribution is 2.34. The molecular weight excluding hydrogens is 328 g/mol. The third kappa shape index (κ3) is 2.87. The average molecular weight is 346 g/mol. The predicted molar refractivity (Wildman–Crippen MR) is 90.4 cm³/mol. The van der Waals surface area contributed by atoms with E-state index in [1.54, 1.807) is 24.3 Å². The molecular formula is C17H18N2O4S. The van der Waals surface area contributed by atoms with E-state index in [1.807, 2.05) is 24.3 Å². The fourth-order valence-corrected chi connectivity index (χ4v) is 3.61. The average Bonchev–Trinajstić information content (AvgIpc) is 3.22. The first-order valence-corrected chi connectivity index (χ1v) is 8.44. The number of hydrogen-bond acceptors (Lipinski definition) is 5. The van der Waals surface area contributed by atoms with Crippen molar-refractivity contribution < 1.29 is 19.4 Å². The van der Waals surface area contributed by atoms with Crippen molar-refractivity contribution in [1.82, 2.24) is 9.88 Å². The summed E-state index contributed by atoms with van der Waals surface area (Å²) in [6.45, 7) is 2.32. The van der Waals surface area contributed by atoms with E-state index in [0.29, 0.717) is 29.4 Å². The van der Waals surface area contributed by atoms with Crippen LogP contribution in [-0.4, -0.2) is 47.1 Å². The zero-order valence-electron chi connectivity index (χ0n) is 13.5. The molecule has 0 radical (unpaired) electrons. The first kappa shape index (κ1) is 16.4. The molecule has 1 aromatic carbocycles. The van der Waals surface area contributed by atoms with Gasteiger partial charge in [0.05, 0.1) is 18.1 Å². The molecule has 1 aliphatic heterocycles. The van der Waals surface area contributed by atoms with Gasteiger partial charge in [-0.1, -0.05) is 12.1 Å². The number of rotatable bonds is 4. The first-order chi connectivity index (χ1) is 11.4. The molecule has 2 aromatic rings. The molecule has 0 unspecified atom stereocenters. The minimum atomic E-state index is -0.878. The Labute approximate surface area is 143 Å². The van der Waals surface area contributed by atoms with Crippen molar-refractivity contribution in [3.05, 3.63) is 35.3 Å². The molecule has 1 amide bonds. The molecule has 0 saturated carbocycles. The van der Waals surface area contributed by atoms with Crippen LogP contribution < -0.4 is 4.74 Å². The molecule has 0 spiro atoms. The Hall–Kier alpha value is -2.41. The van der Waals surface area contributed by atoms with Crippen LogP contribution in [0.4, 0.5) is 0 Å². The number of methoxy groups -OCH3 is 1. The summed E-state index contributed by atoms with van der Waals surface area (Å²) in [6, 6.07) is 7.50. The number of benzene rings is 1. The van der Waals surface area contributed by atoms with E-state index in [4.69, 9.17) is 4.74 Å². The quantitative estimate of drug-likeness (QED) is 0.921. The van der Waals surface area contributed by atoms with Crippen LogP contribution >= 0.6 is 11.3 Å². The number of nitrogens with zero attached hydrogens (tertiary/aromatic N) is 2. The number of carbonyl (C=O) groups excluding carboxylic acids is 1.